The fourth-order valence-electron chi connectivity index (χ4n) is 0.959. The van der Waals surface area contributed by atoms with Crippen LogP contribution in [0.25, 0.3) is 0 Å². The van der Waals surface area contributed by atoms with Gasteiger partial charge in [0.15, 0.2) is 0 Å². The van der Waals surface area contributed by atoms with Crippen molar-refractivity contribution in [2.45, 2.75) is 13.0 Å². The number of nitrogens with one attached hydrogen (secondary N) is 1. The van der Waals surface area contributed by atoms with Gasteiger partial charge in [0, 0.05) is 19.5 Å². The van der Waals surface area contributed by atoms with E-state index in [0.717, 1.165) is 5.56 Å². The molecule has 0 spiro atoms. The van der Waals surface area contributed by atoms with Crippen LogP contribution in [0.4, 0.5) is 0 Å². The highest BCUT2D eigenvalue weighted by Gasteiger charge is 1.97. The van der Waals surface area contributed by atoms with Crippen LogP contribution in [0.3, 0.4) is 0 Å². The Bertz CT molecular complexity index is 259. The molecule has 3 heteroatoms. The molecule has 0 saturated carbocycles. The van der Waals surface area contributed by atoms with Gasteiger partial charge in [0.1, 0.15) is 0 Å². The van der Waals surface area contributed by atoms with Crippen molar-refractivity contribution in [1.29, 1.82) is 0 Å². The number of hydrogen-bond donors (Lipinski definition) is 2. The summed E-state index contributed by atoms with van der Waals surface area (Å²) in [5.74, 6) is -0.00432. The maximum atomic E-state index is 11.0. The van der Waals surface area contributed by atoms with E-state index in [1.54, 1.807) is 0 Å². The summed E-state index contributed by atoms with van der Waals surface area (Å²) < 4.78 is 0. The van der Waals surface area contributed by atoms with Crippen LogP contribution >= 0.6 is 0 Å². The molecule has 3 N–H and O–H groups in total. The quantitative estimate of drug-likeness (QED) is 0.701. The minimum Gasteiger partial charge on any atom is -0.352 e. The third kappa shape index (κ3) is 3.71. The smallest absolute Gasteiger partial charge is 0.221 e. The second-order valence-electron chi connectivity index (χ2n) is 2.72. The third-order valence-corrected chi connectivity index (χ3v) is 1.65. The SMILES string of the molecule is NCCC(=O)NCc1cc[c]cc1. The highest BCUT2D eigenvalue weighted by molar-refractivity contribution is 5.75. The molecule has 0 aromatic heterocycles. The van der Waals surface area contributed by atoms with Gasteiger partial charge >= 0.3 is 0 Å². The van der Waals surface area contributed by atoms with Gasteiger partial charge in [-0.05, 0) is 11.6 Å². The molecule has 0 aliphatic carbocycles. The van der Waals surface area contributed by atoms with Crippen molar-refractivity contribution in [3.05, 3.63) is 35.9 Å². The monoisotopic (exact) mass is 177 g/mol. The van der Waals surface area contributed by atoms with E-state index in [9.17, 15) is 4.79 Å². The van der Waals surface area contributed by atoms with Gasteiger partial charge in [-0.2, -0.15) is 0 Å². The van der Waals surface area contributed by atoms with Crippen molar-refractivity contribution in [1.82, 2.24) is 5.32 Å². The Balaban J connectivity index is 2.31. The number of amides is 1. The van der Waals surface area contributed by atoms with E-state index in [1.807, 2.05) is 24.3 Å². The van der Waals surface area contributed by atoms with Crippen molar-refractivity contribution >= 4 is 5.91 Å². The van der Waals surface area contributed by atoms with Crippen LogP contribution in [0.2, 0.25) is 0 Å². The Labute approximate surface area is 77.9 Å². The van der Waals surface area contributed by atoms with Gasteiger partial charge in [0.05, 0.1) is 0 Å². The summed E-state index contributed by atoms with van der Waals surface area (Å²) in [6, 6.07) is 10.4. The van der Waals surface area contributed by atoms with Crippen molar-refractivity contribution in [3.8, 4) is 0 Å². The minimum atomic E-state index is -0.00432. The Morgan fingerprint density at radius 1 is 1.46 bits per heavy atom. The molecule has 0 aliphatic heterocycles. The van der Waals surface area contributed by atoms with Gasteiger partial charge in [0.2, 0.25) is 5.91 Å². The molecule has 0 bridgehead atoms. The van der Waals surface area contributed by atoms with E-state index >= 15 is 0 Å². The Kier molecular flexibility index (Phi) is 3.99. The number of carbonyl (C=O) groups is 1. The first-order valence-corrected chi connectivity index (χ1v) is 4.24. The minimum absolute atomic E-state index is 0.00432. The molecular formula is C10H13N2O. The summed E-state index contributed by atoms with van der Waals surface area (Å²) in [7, 11) is 0. The van der Waals surface area contributed by atoms with Gasteiger partial charge in [-0.15, -0.1) is 0 Å². The largest absolute Gasteiger partial charge is 0.352 e. The molecule has 0 heterocycles. The zero-order valence-corrected chi connectivity index (χ0v) is 7.42. The van der Waals surface area contributed by atoms with Crippen LogP contribution in [0.1, 0.15) is 12.0 Å². The lowest BCUT2D eigenvalue weighted by Gasteiger charge is -2.03. The molecule has 1 amide bonds. The molecule has 0 unspecified atom stereocenters. The summed E-state index contributed by atoms with van der Waals surface area (Å²) in [5.41, 5.74) is 6.31. The number of nitrogens with two attached hydrogens (primary N) is 1. The topological polar surface area (TPSA) is 55.1 Å². The van der Waals surface area contributed by atoms with E-state index < -0.39 is 0 Å². The average Bonchev–Trinajstić information content (AvgIpc) is 2.17. The van der Waals surface area contributed by atoms with E-state index in [0.29, 0.717) is 19.5 Å². The molecular weight excluding hydrogens is 164 g/mol. The standard InChI is InChI=1S/C10H13N2O/c11-7-6-10(13)12-8-9-4-2-1-3-5-9/h2-5H,6-8,11H2,(H,12,13). The number of hydrogen-bond acceptors (Lipinski definition) is 2. The van der Waals surface area contributed by atoms with Gasteiger partial charge in [-0.1, -0.05) is 24.3 Å². The maximum absolute atomic E-state index is 11.0. The third-order valence-electron chi connectivity index (χ3n) is 1.65. The van der Waals surface area contributed by atoms with Gasteiger partial charge in [0.25, 0.3) is 0 Å². The summed E-state index contributed by atoms with van der Waals surface area (Å²) in [6.07, 6.45) is 0.388. The average molecular weight is 177 g/mol. The molecule has 0 atom stereocenters. The van der Waals surface area contributed by atoms with Crippen LogP contribution in [-0.4, -0.2) is 12.5 Å². The Morgan fingerprint density at radius 2 is 2.15 bits per heavy atom. The first kappa shape index (κ1) is 9.74. The van der Waals surface area contributed by atoms with Crippen molar-refractivity contribution in [3.63, 3.8) is 0 Å². The number of benzene rings is 1. The van der Waals surface area contributed by atoms with Crippen LogP contribution < -0.4 is 11.1 Å². The van der Waals surface area contributed by atoms with E-state index in [4.69, 9.17) is 5.73 Å². The normalized spacial score (nSPS) is 9.62. The fraction of sp³-hybridized carbons (Fsp3) is 0.300. The summed E-state index contributed by atoms with van der Waals surface area (Å²) in [5, 5.41) is 2.77. The van der Waals surface area contributed by atoms with Crippen LogP contribution in [0.5, 0.6) is 0 Å². The Hall–Kier alpha value is -1.35. The molecule has 1 aromatic rings. The van der Waals surface area contributed by atoms with Gasteiger partial charge in [-0.3, -0.25) is 4.79 Å². The van der Waals surface area contributed by atoms with Crippen molar-refractivity contribution < 1.29 is 4.79 Å². The summed E-state index contributed by atoms with van der Waals surface area (Å²) in [6.45, 7) is 0.960. The Morgan fingerprint density at radius 3 is 2.77 bits per heavy atom. The van der Waals surface area contributed by atoms with Crippen molar-refractivity contribution in [2.24, 2.45) is 5.73 Å². The van der Waals surface area contributed by atoms with E-state index in [1.165, 1.54) is 0 Å². The lowest BCUT2D eigenvalue weighted by molar-refractivity contribution is -0.121. The van der Waals surface area contributed by atoms with Crippen LogP contribution in [-0.2, 0) is 11.3 Å². The molecule has 1 rings (SSSR count). The molecule has 1 radical (unpaired) electrons. The first-order chi connectivity index (χ1) is 6.33. The second kappa shape index (κ2) is 5.32. The molecule has 69 valence electrons. The molecule has 0 aliphatic rings. The highest BCUT2D eigenvalue weighted by Crippen LogP contribution is 1.96. The van der Waals surface area contributed by atoms with E-state index in [-0.39, 0.29) is 5.91 Å². The lowest BCUT2D eigenvalue weighted by atomic mass is 10.2. The van der Waals surface area contributed by atoms with Crippen LogP contribution in [0.15, 0.2) is 24.3 Å². The maximum Gasteiger partial charge on any atom is 0.221 e. The fourth-order valence-corrected chi connectivity index (χ4v) is 0.959. The van der Waals surface area contributed by atoms with E-state index in [2.05, 4.69) is 11.4 Å². The zero-order valence-electron chi connectivity index (χ0n) is 7.42. The molecule has 1 aromatic carbocycles. The zero-order chi connectivity index (χ0) is 9.52. The van der Waals surface area contributed by atoms with Crippen molar-refractivity contribution in [2.75, 3.05) is 6.54 Å². The lowest BCUT2D eigenvalue weighted by Crippen LogP contribution is -2.24. The first-order valence-electron chi connectivity index (χ1n) is 4.24. The number of rotatable bonds is 4. The summed E-state index contributed by atoms with van der Waals surface area (Å²) in [4.78, 5) is 11.0. The number of carbonyl (C=O) groups excluding carboxylic acids is 1. The predicted octanol–water partition coefficient (Wildman–Crippen LogP) is 0.452. The highest BCUT2D eigenvalue weighted by atomic mass is 16.1. The predicted molar refractivity (Wildman–Crippen MR) is 50.8 cm³/mol. The summed E-state index contributed by atoms with van der Waals surface area (Å²) >= 11 is 0. The van der Waals surface area contributed by atoms with Crippen LogP contribution in [0, 0.1) is 6.07 Å². The molecule has 0 fully saturated rings. The molecule has 3 nitrogen and oxygen atoms in total. The van der Waals surface area contributed by atoms with Gasteiger partial charge < -0.3 is 11.1 Å². The molecule has 13 heavy (non-hydrogen) atoms. The van der Waals surface area contributed by atoms with Gasteiger partial charge in [-0.25, -0.2) is 0 Å². The molecule has 0 saturated heterocycles. The second-order valence-corrected chi connectivity index (χ2v) is 2.72.